The lowest BCUT2D eigenvalue weighted by molar-refractivity contribution is 0.141. The molecule has 0 saturated carbocycles. The van der Waals surface area contributed by atoms with Crippen LogP contribution in [0.25, 0.3) is 10.8 Å². The van der Waals surface area contributed by atoms with Gasteiger partial charge in [-0.1, -0.05) is 42.5 Å². The lowest BCUT2D eigenvalue weighted by Gasteiger charge is -2.04. The van der Waals surface area contributed by atoms with E-state index >= 15 is 0 Å². The Labute approximate surface area is 83.3 Å². The van der Waals surface area contributed by atoms with Gasteiger partial charge in [0, 0.05) is 0 Å². The maximum atomic E-state index is 5.02. The monoisotopic (exact) mass is 187 g/mol. The zero-order valence-corrected chi connectivity index (χ0v) is 7.94. The van der Waals surface area contributed by atoms with Crippen molar-refractivity contribution in [1.82, 2.24) is 0 Å². The van der Waals surface area contributed by atoms with E-state index in [9.17, 15) is 0 Å². The number of rotatable bonds is 3. The van der Waals surface area contributed by atoms with Crippen LogP contribution in [0.1, 0.15) is 5.56 Å². The van der Waals surface area contributed by atoms with E-state index in [0.717, 1.165) is 6.42 Å². The Balaban J connectivity index is 2.43. The first kappa shape index (κ1) is 9.19. The summed E-state index contributed by atoms with van der Waals surface area (Å²) in [4.78, 5) is 4.59. The summed E-state index contributed by atoms with van der Waals surface area (Å²) < 4.78 is 0. The van der Waals surface area contributed by atoms with Crippen molar-refractivity contribution in [3.05, 3.63) is 48.0 Å². The summed E-state index contributed by atoms with van der Waals surface area (Å²) in [6.07, 6.45) is 0.859. The van der Waals surface area contributed by atoms with Crippen molar-refractivity contribution in [3.8, 4) is 0 Å². The molecule has 0 aromatic heterocycles. The van der Waals surface area contributed by atoms with Gasteiger partial charge in [0.2, 0.25) is 0 Å². The summed E-state index contributed by atoms with van der Waals surface area (Å²) in [7, 11) is 0. The number of hydrogen-bond acceptors (Lipinski definition) is 2. The summed E-state index contributed by atoms with van der Waals surface area (Å²) in [5.41, 5.74) is 1.29. The minimum atomic E-state index is 0.563. The third-order valence-electron chi connectivity index (χ3n) is 2.37. The predicted octanol–water partition coefficient (Wildman–Crippen LogP) is 2.27. The number of benzene rings is 2. The third-order valence-corrected chi connectivity index (χ3v) is 2.37. The van der Waals surface area contributed by atoms with Crippen molar-refractivity contribution in [2.24, 2.45) is 5.90 Å². The first-order chi connectivity index (χ1) is 6.92. The van der Waals surface area contributed by atoms with E-state index in [4.69, 9.17) is 5.90 Å². The summed E-state index contributed by atoms with van der Waals surface area (Å²) in [6, 6.07) is 14.6. The van der Waals surface area contributed by atoms with Gasteiger partial charge < -0.3 is 4.84 Å². The average molecular weight is 187 g/mol. The average Bonchev–Trinajstić information content (AvgIpc) is 2.26. The zero-order valence-electron chi connectivity index (χ0n) is 7.94. The molecule has 2 aromatic rings. The third kappa shape index (κ3) is 1.76. The maximum Gasteiger partial charge on any atom is 0.0719 e. The van der Waals surface area contributed by atoms with Crippen LogP contribution in [0.3, 0.4) is 0 Å². The highest BCUT2D eigenvalue weighted by Gasteiger charge is 1.98. The van der Waals surface area contributed by atoms with Crippen molar-refractivity contribution >= 4 is 10.8 Å². The molecule has 0 unspecified atom stereocenters. The van der Waals surface area contributed by atoms with Crippen molar-refractivity contribution in [2.45, 2.75) is 6.42 Å². The summed E-state index contributed by atoms with van der Waals surface area (Å²) in [5.74, 6) is 5.02. The topological polar surface area (TPSA) is 35.2 Å². The second-order valence-electron chi connectivity index (χ2n) is 3.26. The van der Waals surface area contributed by atoms with Crippen molar-refractivity contribution in [1.29, 1.82) is 0 Å². The maximum absolute atomic E-state index is 5.02. The Bertz CT molecular complexity index is 420. The molecule has 2 nitrogen and oxygen atoms in total. The first-order valence-corrected chi connectivity index (χ1v) is 4.70. The largest absolute Gasteiger partial charge is 0.304 e. The molecule has 2 N–H and O–H groups in total. The van der Waals surface area contributed by atoms with Gasteiger partial charge in [0.1, 0.15) is 0 Å². The minimum absolute atomic E-state index is 0.563. The van der Waals surface area contributed by atoms with E-state index in [2.05, 4.69) is 41.2 Å². The predicted molar refractivity (Wildman–Crippen MR) is 57.8 cm³/mol. The molecule has 0 heterocycles. The van der Waals surface area contributed by atoms with Crippen LogP contribution in [0.15, 0.2) is 42.5 Å². The molecule has 0 aliphatic carbocycles. The van der Waals surface area contributed by atoms with Crippen LogP contribution < -0.4 is 5.90 Å². The Morgan fingerprint density at radius 3 is 2.64 bits per heavy atom. The van der Waals surface area contributed by atoms with Crippen molar-refractivity contribution in [3.63, 3.8) is 0 Å². The van der Waals surface area contributed by atoms with Crippen LogP contribution in [0.2, 0.25) is 0 Å². The zero-order chi connectivity index (χ0) is 9.80. The van der Waals surface area contributed by atoms with Gasteiger partial charge in [-0.2, -0.15) is 0 Å². The second kappa shape index (κ2) is 4.22. The fraction of sp³-hybridized carbons (Fsp3) is 0.167. The lowest BCUT2D eigenvalue weighted by Crippen LogP contribution is -2.03. The van der Waals surface area contributed by atoms with Gasteiger partial charge in [0.15, 0.2) is 0 Å². The van der Waals surface area contributed by atoms with Gasteiger partial charge in [-0.3, -0.25) is 0 Å². The molecule has 0 radical (unpaired) electrons. The molecular weight excluding hydrogens is 174 g/mol. The highest BCUT2D eigenvalue weighted by Crippen LogP contribution is 2.18. The van der Waals surface area contributed by atoms with Gasteiger partial charge in [-0.05, 0) is 22.8 Å². The quantitative estimate of drug-likeness (QED) is 0.748. The fourth-order valence-corrected chi connectivity index (χ4v) is 1.68. The standard InChI is InChI=1S/C12H13NO/c13-14-9-8-11-6-3-5-10-4-1-2-7-12(10)11/h1-7H,8-9,13H2. The van der Waals surface area contributed by atoms with Crippen LogP contribution >= 0.6 is 0 Å². The van der Waals surface area contributed by atoms with E-state index in [0.29, 0.717) is 6.61 Å². The fourth-order valence-electron chi connectivity index (χ4n) is 1.68. The second-order valence-corrected chi connectivity index (χ2v) is 3.26. The van der Waals surface area contributed by atoms with Crippen LogP contribution in [-0.2, 0) is 11.3 Å². The lowest BCUT2D eigenvalue weighted by atomic mass is 10.0. The molecule has 0 aliphatic rings. The molecule has 2 rings (SSSR count). The van der Waals surface area contributed by atoms with E-state index in [1.165, 1.54) is 16.3 Å². The molecular formula is C12H13NO. The molecule has 0 bridgehead atoms. The van der Waals surface area contributed by atoms with Gasteiger partial charge in [0.25, 0.3) is 0 Å². The van der Waals surface area contributed by atoms with Gasteiger partial charge >= 0.3 is 0 Å². The Morgan fingerprint density at radius 1 is 1.00 bits per heavy atom. The highest BCUT2D eigenvalue weighted by molar-refractivity contribution is 5.85. The first-order valence-electron chi connectivity index (χ1n) is 4.70. The molecule has 2 heteroatoms. The highest BCUT2D eigenvalue weighted by atomic mass is 16.6. The van der Waals surface area contributed by atoms with Crippen LogP contribution in [-0.4, -0.2) is 6.61 Å². The van der Waals surface area contributed by atoms with Crippen molar-refractivity contribution < 1.29 is 4.84 Å². The van der Waals surface area contributed by atoms with Crippen LogP contribution in [0.4, 0.5) is 0 Å². The molecule has 2 aromatic carbocycles. The van der Waals surface area contributed by atoms with Crippen LogP contribution in [0.5, 0.6) is 0 Å². The van der Waals surface area contributed by atoms with Crippen molar-refractivity contribution in [2.75, 3.05) is 6.61 Å². The minimum Gasteiger partial charge on any atom is -0.304 e. The number of nitrogens with two attached hydrogens (primary N) is 1. The smallest absolute Gasteiger partial charge is 0.0719 e. The van der Waals surface area contributed by atoms with E-state index in [-0.39, 0.29) is 0 Å². The van der Waals surface area contributed by atoms with Gasteiger partial charge in [0.05, 0.1) is 6.61 Å². The number of hydrogen-bond donors (Lipinski definition) is 1. The van der Waals surface area contributed by atoms with E-state index < -0.39 is 0 Å². The molecule has 0 atom stereocenters. The Kier molecular flexibility index (Phi) is 2.77. The summed E-state index contributed by atoms with van der Waals surface area (Å²) >= 11 is 0. The SMILES string of the molecule is NOCCc1cccc2ccccc12. The Hall–Kier alpha value is -1.38. The molecule has 0 saturated heterocycles. The number of fused-ring (bicyclic) bond motifs is 1. The summed E-state index contributed by atoms with van der Waals surface area (Å²) in [6.45, 7) is 0.563. The van der Waals surface area contributed by atoms with E-state index in [1.807, 2.05) is 6.07 Å². The normalized spacial score (nSPS) is 10.6. The summed E-state index contributed by atoms with van der Waals surface area (Å²) in [5, 5.41) is 2.55. The molecule has 0 aliphatic heterocycles. The Morgan fingerprint density at radius 2 is 1.79 bits per heavy atom. The molecule has 0 amide bonds. The molecule has 0 fully saturated rings. The van der Waals surface area contributed by atoms with Gasteiger partial charge in [-0.15, -0.1) is 0 Å². The van der Waals surface area contributed by atoms with Gasteiger partial charge in [-0.25, -0.2) is 5.90 Å². The molecule has 0 spiro atoms. The van der Waals surface area contributed by atoms with Crippen LogP contribution in [0, 0.1) is 0 Å². The molecule has 14 heavy (non-hydrogen) atoms. The molecule has 72 valence electrons. The van der Waals surface area contributed by atoms with E-state index in [1.54, 1.807) is 0 Å².